The Morgan fingerprint density at radius 3 is 1.36 bits per heavy atom. The Morgan fingerprint density at radius 2 is 1.14 bits per heavy atom. The summed E-state index contributed by atoms with van der Waals surface area (Å²) in [5.74, 6) is 1.55. The minimum Gasteiger partial charge on any atom is -0.295 e. The molecule has 0 aromatic heterocycles. The third kappa shape index (κ3) is 2.73. The van der Waals surface area contributed by atoms with Gasteiger partial charge in [-0.25, -0.2) is 0 Å². The molecule has 0 aromatic rings. The van der Waals surface area contributed by atoms with Gasteiger partial charge in [0.25, 0.3) is 0 Å². The van der Waals surface area contributed by atoms with Crippen LogP contribution in [0.1, 0.15) is 54.4 Å². The molecule has 2 atom stereocenters. The van der Waals surface area contributed by atoms with Crippen molar-refractivity contribution in [3.8, 4) is 0 Å². The molecule has 0 spiro atoms. The predicted molar refractivity (Wildman–Crippen MR) is 63.5 cm³/mol. The molecule has 0 radical (unpaired) electrons. The van der Waals surface area contributed by atoms with Crippen molar-refractivity contribution in [3.05, 3.63) is 0 Å². The van der Waals surface area contributed by atoms with Crippen molar-refractivity contribution < 1.29 is 0 Å². The molecule has 0 saturated heterocycles. The van der Waals surface area contributed by atoms with Gasteiger partial charge in [-0.1, -0.05) is 27.7 Å². The van der Waals surface area contributed by atoms with Gasteiger partial charge in [-0.2, -0.15) is 0 Å². The maximum atomic E-state index is 2.76. The molecule has 0 heterocycles. The lowest BCUT2D eigenvalue weighted by Crippen LogP contribution is -2.46. The lowest BCUT2D eigenvalue weighted by molar-refractivity contribution is 0.0858. The first kappa shape index (κ1) is 12.0. The van der Waals surface area contributed by atoms with Gasteiger partial charge in [-0.3, -0.25) is 4.90 Å². The molecule has 0 aromatic carbocycles. The zero-order valence-electron chi connectivity index (χ0n) is 10.7. The van der Waals surface area contributed by atoms with E-state index in [1.54, 1.807) is 0 Å². The van der Waals surface area contributed by atoms with E-state index in [9.17, 15) is 0 Å². The number of hydrogen-bond donors (Lipinski definition) is 0. The average Bonchev–Trinajstić information content (AvgIpc) is 2.87. The highest BCUT2D eigenvalue weighted by molar-refractivity contribution is 4.91. The normalized spacial score (nSPS) is 22.1. The zero-order valence-corrected chi connectivity index (χ0v) is 10.7. The highest BCUT2D eigenvalue weighted by atomic mass is 15.2. The predicted octanol–water partition coefficient (Wildman–Crippen LogP) is 3.54. The second-order valence-corrected chi connectivity index (χ2v) is 5.65. The van der Waals surface area contributed by atoms with Crippen molar-refractivity contribution in [2.45, 2.75) is 72.5 Å². The topological polar surface area (TPSA) is 3.24 Å². The Labute approximate surface area is 89.9 Å². The Hall–Kier alpha value is -0.0400. The smallest absolute Gasteiger partial charge is 0.0102 e. The average molecular weight is 197 g/mol. The van der Waals surface area contributed by atoms with E-state index in [4.69, 9.17) is 0 Å². The molecule has 14 heavy (non-hydrogen) atoms. The standard InChI is InChI=1S/C13H27N/c1-9(2)11(5)14(13-7-8-13)12(6)10(3)4/h9-13H,7-8H2,1-6H3/t11-,12-/m0/s1. The van der Waals surface area contributed by atoms with Crippen LogP contribution in [0.4, 0.5) is 0 Å². The van der Waals surface area contributed by atoms with Gasteiger partial charge in [0.15, 0.2) is 0 Å². The Balaban J connectivity index is 2.63. The lowest BCUT2D eigenvalue weighted by atomic mass is 9.97. The molecule has 1 heteroatoms. The van der Waals surface area contributed by atoms with Gasteiger partial charge < -0.3 is 0 Å². The highest BCUT2D eigenvalue weighted by Crippen LogP contribution is 2.34. The molecule has 1 rings (SSSR count). The van der Waals surface area contributed by atoms with E-state index in [1.807, 2.05) is 0 Å². The van der Waals surface area contributed by atoms with Crippen LogP contribution in [0.5, 0.6) is 0 Å². The van der Waals surface area contributed by atoms with Gasteiger partial charge in [0.1, 0.15) is 0 Å². The number of nitrogens with zero attached hydrogens (tertiary/aromatic N) is 1. The minimum atomic E-state index is 0.736. The summed E-state index contributed by atoms with van der Waals surface area (Å²) in [6, 6.07) is 2.37. The summed E-state index contributed by atoms with van der Waals surface area (Å²) < 4.78 is 0. The van der Waals surface area contributed by atoms with Crippen LogP contribution in [0.25, 0.3) is 0 Å². The molecule has 1 aliphatic carbocycles. The molecule has 0 aliphatic heterocycles. The molecule has 1 fully saturated rings. The van der Waals surface area contributed by atoms with Crippen LogP contribution >= 0.6 is 0 Å². The van der Waals surface area contributed by atoms with E-state index < -0.39 is 0 Å². The first-order valence-corrected chi connectivity index (χ1v) is 6.22. The molecule has 0 amide bonds. The summed E-state index contributed by atoms with van der Waals surface area (Å²) in [5, 5.41) is 0. The fraction of sp³-hybridized carbons (Fsp3) is 1.00. The van der Waals surface area contributed by atoms with E-state index >= 15 is 0 Å². The Morgan fingerprint density at radius 1 is 0.786 bits per heavy atom. The van der Waals surface area contributed by atoms with Crippen LogP contribution in [0.3, 0.4) is 0 Å². The van der Waals surface area contributed by atoms with Gasteiger partial charge in [0, 0.05) is 18.1 Å². The molecule has 0 N–H and O–H groups in total. The fourth-order valence-corrected chi connectivity index (χ4v) is 2.10. The third-order valence-electron chi connectivity index (χ3n) is 3.84. The summed E-state index contributed by atoms with van der Waals surface area (Å²) in [5.41, 5.74) is 0. The quantitative estimate of drug-likeness (QED) is 0.651. The van der Waals surface area contributed by atoms with Crippen molar-refractivity contribution in [1.82, 2.24) is 4.90 Å². The summed E-state index contributed by atoms with van der Waals surface area (Å²) in [7, 11) is 0. The van der Waals surface area contributed by atoms with Crippen molar-refractivity contribution in [3.63, 3.8) is 0 Å². The van der Waals surface area contributed by atoms with Crippen LogP contribution in [0.2, 0.25) is 0 Å². The molecule has 1 nitrogen and oxygen atoms in total. The lowest BCUT2D eigenvalue weighted by Gasteiger charge is -2.39. The molecule has 1 saturated carbocycles. The number of rotatable bonds is 5. The van der Waals surface area contributed by atoms with Gasteiger partial charge in [0.05, 0.1) is 0 Å². The summed E-state index contributed by atoms with van der Waals surface area (Å²) in [4.78, 5) is 2.76. The maximum absolute atomic E-state index is 2.76. The maximum Gasteiger partial charge on any atom is 0.0102 e. The third-order valence-corrected chi connectivity index (χ3v) is 3.84. The van der Waals surface area contributed by atoms with Crippen molar-refractivity contribution in [1.29, 1.82) is 0 Å². The van der Waals surface area contributed by atoms with Crippen LogP contribution in [0, 0.1) is 11.8 Å². The van der Waals surface area contributed by atoms with Gasteiger partial charge in [-0.05, 0) is 38.5 Å². The zero-order chi connectivity index (χ0) is 10.9. The summed E-state index contributed by atoms with van der Waals surface area (Å²) in [6.07, 6.45) is 2.85. The van der Waals surface area contributed by atoms with E-state index in [-0.39, 0.29) is 0 Å². The summed E-state index contributed by atoms with van der Waals surface area (Å²) >= 11 is 0. The Bertz CT molecular complexity index is 156. The SMILES string of the molecule is CC(C)[C@H](C)N(C1CC1)[C@@H](C)C(C)C. The molecule has 0 bridgehead atoms. The van der Waals surface area contributed by atoms with Crippen molar-refractivity contribution in [2.24, 2.45) is 11.8 Å². The molecule has 84 valence electrons. The number of hydrogen-bond acceptors (Lipinski definition) is 1. The first-order valence-electron chi connectivity index (χ1n) is 6.22. The van der Waals surface area contributed by atoms with E-state index in [1.165, 1.54) is 12.8 Å². The molecular formula is C13H27N. The molecule has 0 unspecified atom stereocenters. The highest BCUT2D eigenvalue weighted by Gasteiger charge is 2.36. The summed E-state index contributed by atoms with van der Waals surface area (Å²) in [6.45, 7) is 14.1. The second-order valence-electron chi connectivity index (χ2n) is 5.65. The van der Waals surface area contributed by atoms with Crippen LogP contribution in [0.15, 0.2) is 0 Å². The van der Waals surface area contributed by atoms with Crippen molar-refractivity contribution in [2.75, 3.05) is 0 Å². The van der Waals surface area contributed by atoms with Crippen LogP contribution in [-0.4, -0.2) is 23.0 Å². The van der Waals surface area contributed by atoms with E-state index in [2.05, 4.69) is 46.4 Å². The monoisotopic (exact) mass is 197 g/mol. The van der Waals surface area contributed by atoms with E-state index in [0.717, 1.165) is 30.0 Å². The van der Waals surface area contributed by atoms with Crippen molar-refractivity contribution >= 4 is 0 Å². The van der Waals surface area contributed by atoms with Gasteiger partial charge in [-0.15, -0.1) is 0 Å². The minimum absolute atomic E-state index is 0.736. The van der Waals surface area contributed by atoms with Crippen LogP contribution in [-0.2, 0) is 0 Å². The van der Waals surface area contributed by atoms with Crippen LogP contribution < -0.4 is 0 Å². The first-order chi connectivity index (χ1) is 6.45. The Kier molecular flexibility index (Phi) is 4.00. The van der Waals surface area contributed by atoms with Gasteiger partial charge in [0.2, 0.25) is 0 Å². The second kappa shape index (κ2) is 4.65. The molecule has 1 aliphatic rings. The van der Waals surface area contributed by atoms with Gasteiger partial charge >= 0.3 is 0 Å². The fourth-order valence-electron chi connectivity index (χ4n) is 2.10. The largest absolute Gasteiger partial charge is 0.295 e. The van der Waals surface area contributed by atoms with E-state index in [0.29, 0.717) is 0 Å². The molecular weight excluding hydrogens is 170 g/mol.